The van der Waals surface area contributed by atoms with Crippen molar-refractivity contribution in [3.05, 3.63) is 59.9 Å². The summed E-state index contributed by atoms with van der Waals surface area (Å²) >= 11 is 0. The lowest BCUT2D eigenvalue weighted by Gasteiger charge is -2.27. The van der Waals surface area contributed by atoms with Crippen LogP contribution in [0.5, 0.6) is 11.5 Å². The smallest absolute Gasteiger partial charge is 0.254 e. The van der Waals surface area contributed by atoms with Crippen LogP contribution in [0.3, 0.4) is 0 Å². The predicted molar refractivity (Wildman–Crippen MR) is 146 cm³/mol. The molecule has 0 bridgehead atoms. The van der Waals surface area contributed by atoms with E-state index >= 15 is 0 Å². The summed E-state index contributed by atoms with van der Waals surface area (Å²) in [6.07, 6.45) is 0.618. The largest absolute Gasteiger partial charge is 0.454 e. The summed E-state index contributed by atoms with van der Waals surface area (Å²) in [5, 5.41) is 10.6. The Morgan fingerprint density at radius 2 is 1.77 bits per heavy atom. The molecule has 210 valence electrons. The molecule has 2 aliphatic heterocycles. The summed E-state index contributed by atoms with van der Waals surface area (Å²) < 4.78 is 12.6. The molecule has 0 fully saturated rings. The topological polar surface area (TPSA) is 128 Å². The number of hydrogen-bond donors (Lipinski definition) is 2. The molecule has 0 aliphatic carbocycles. The van der Waals surface area contributed by atoms with Gasteiger partial charge in [-0.25, -0.2) is 9.67 Å². The molecule has 0 spiro atoms. The zero-order chi connectivity index (χ0) is 28.2. The molecule has 0 saturated carbocycles. The van der Waals surface area contributed by atoms with Gasteiger partial charge < -0.3 is 25.0 Å². The van der Waals surface area contributed by atoms with Gasteiger partial charge in [0, 0.05) is 30.6 Å². The van der Waals surface area contributed by atoms with Crippen LogP contribution in [0.15, 0.2) is 48.5 Å². The number of benzene rings is 2. The molecule has 2 aromatic carbocycles. The molecule has 5 rings (SSSR count). The lowest BCUT2D eigenvalue weighted by molar-refractivity contribution is -0.129. The van der Waals surface area contributed by atoms with Crippen molar-refractivity contribution in [3.63, 3.8) is 0 Å². The van der Waals surface area contributed by atoms with Crippen LogP contribution in [0.25, 0.3) is 11.4 Å². The summed E-state index contributed by atoms with van der Waals surface area (Å²) in [5.74, 6) is 1.53. The molecular weight excluding hydrogens is 512 g/mol. The van der Waals surface area contributed by atoms with E-state index in [2.05, 4.69) is 10.6 Å². The first kappa shape index (κ1) is 27.2. The molecule has 0 saturated heterocycles. The van der Waals surface area contributed by atoms with Crippen molar-refractivity contribution in [2.24, 2.45) is 5.92 Å². The van der Waals surface area contributed by atoms with Crippen molar-refractivity contribution in [1.29, 1.82) is 0 Å². The highest BCUT2D eigenvalue weighted by Gasteiger charge is 2.29. The number of carbonyl (C=O) groups excluding carboxylic acids is 3. The van der Waals surface area contributed by atoms with Crippen LogP contribution in [0, 0.1) is 5.92 Å². The Morgan fingerprint density at radius 3 is 2.55 bits per heavy atom. The van der Waals surface area contributed by atoms with Crippen molar-refractivity contribution in [3.8, 4) is 22.9 Å². The van der Waals surface area contributed by atoms with Gasteiger partial charge in [0.05, 0.1) is 12.6 Å². The zero-order valence-corrected chi connectivity index (χ0v) is 22.9. The first-order valence-corrected chi connectivity index (χ1v) is 13.6. The molecule has 1 aromatic heterocycles. The van der Waals surface area contributed by atoms with Gasteiger partial charge in [-0.1, -0.05) is 44.2 Å². The van der Waals surface area contributed by atoms with Crippen molar-refractivity contribution in [1.82, 2.24) is 30.3 Å². The highest BCUT2D eigenvalue weighted by molar-refractivity contribution is 5.95. The van der Waals surface area contributed by atoms with E-state index < -0.39 is 12.1 Å². The third kappa shape index (κ3) is 5.93. The number of rotatable bonds is 3. The Kier molecular flexibility index (Phi) is 7.99. The summed E-state index contributed by atoms with van der Waals surface area (Å²) in [7, 11) is 0. The number of fused-ring (bicyclic) bond motifs is 2. The second-order valence-electron chi connectivity index (χ2n) is 10.4. The van der Waals surface area contributed by atoms with Crippen LogP contribution < -0.4 is 20.1 Å². The number of nitrogens with zero attached hydrogens (tertiary/aromatic N) is 4. The number of aromatic nitrogens is 3. The fraction of sp³-hybridized carbons (Fsp3) is 0.414. The summed E-state index contributed by atoms with van der Waals surface area (Å²) in [4.78, 5) is 45.9. The van der Waals surface area contributed by atoms with E-state index in [0.29, 0.717) is 54.8 Å². The third-order valence-corrected chi connectivity index (χ3v) is 7.07. The van der Waals surface area contributed by atoms with E-state index in [1.165, 1.54) is 0 Å². The van der Waals surface area contributed by atoms with Crippen LogP contribution in [-0.4, -0.2) is 63.3 Å². The monoisotopic (exact) mass is 546 g/mol. The molecule has 2 N–H and O–H groups in total. The van der Waals surface area contributed by atoms with Gasteiger partial charge in [-0.15, -0.1) is 0 Å². The fourth-order valence-corrected chi connectivity index (χ4v) is 4.82. The maximum atomic E-state index is 13.7. The fourth-order valence-electron chi connectivity index (χ4n) is 4.82. The average molecular weight is 547 g/mol. The van der Waals surface area contributed by atoms with Crippen molar-refractivity contribution < 1.29 is 23.9 Å². The van der Waals surface area contributed by atoms with Crippen LogP contribution in [0.4, 0.5) is 0 Å². The van der Waals surface area contributed by atoms with Gasteiger partial charge in [0.1, 0.15) is 6.04 Å². The van der Waals surface area contributed by atoms with Gasteiger partial charge in [0.2, 0.25) is 18.6 Å². The highest BCUT2D eigenvalue weighted by Crippen LogP contribution is 2.33. The second kappa shape index (κ2) is 11.8. The van der Waals surface area contributed by atoms with Crippen LogP contribution >= 0.6 is 0 Å². The number of amides is 3. The molecule has 0 unspecified atom stereocenters. The Labute approximate surface area is 232 Å². The Morgan fingerprint density at radius 1 is 1.00 bits per heavy atom. The average Bonchev–Trinajstić information content (AvgIpc) is 3.59. The number of nitrogens with one attached hydrogen (secondary N) is 2. The SMILES string of the molecule is CC(C)[C@@H]1NC(=O)[C@@H](C)NC(=O)CCCN(C(=O)c2ccc3c(c2)OCO3)CCn2nc(-c3ccccc3)nc21. The van der Waals surface area contributed by atoms with E-state index in [1.807, 2.05) is 44.2 Å². The molecule has 3 aromatic rings. The zero-order valence-electron chi connectivity index (χ0n) is 22.9. The third-order valence-electron chi connectivity index (χ3n) is 7.07. The van der Waals surface area contributed by atoms with Gasteiger partial charge in [-0.3, -0.25) is 14.4 Å². The molecule has 11 heteroatoms. The highest BCUT2D eigenvalue weighted by atomic mass is 16.7. The van der Waals surface area contributed by atoms with Crippen LogP contribution in [0.1, 0.15) is 55.8 Å². The molecule has 0 radical (unpaired) electrons. The maximum Gasteiger partial charge on any atom is 0.254 e. The molecule has 3 amide bonds. The second-order valence-corrected chi connectivity index (χ2v) is 10.4. The quantitative estimate of drug-likeness (QED) is 0.517. The number of hydrogen-bond acceptors (Lipinski definition) is 7. The Hall–Kier alpha value is -4.41. The van der Waals surface area contributed by atoms with E-state index in [4.69, 9.17) is 19.6 Å². The molecule has 40 heavy (non-hydrogen) atoms. The van der Waals surface area contributed by atoms with Gasteiger partial charge in [0.25, 0.3) is 5.91 Å². The van der Waals surface area contributed by atoms with Gasteiger partial charge in [-0.05, 0) is 37.5 Å². The van der Waals surface area contributed by atoms with Gasteiger partial charge >= 0.3 is 0 Å². The summed E-state index contributed by atoms with van der Waals surface area (Å²) in [5.41, 5.74) is 1.32. The van der Waals surface area contributed by atoms with Gasteiger partial charge in [-0.2, -0.15) is 5.10 Å². The molecule has 11 nitrogen and oxygen atoms in total. The van der Waals surface area contributed by atoms with E-state index in [1.54, 1.807) is 34.7 Å². The normalized spacial score (nSPS) is 19.9. The van der Waals surface area contributed by atoms with Crippen molar-refractivity contribution in [2.45, 2.75) is 52.2 Å². The summed E-state index contributed by atoms with van der Waals surface area (Å²) in [6.45, 7) is 6.80. The minimum Gasteiger partial charge on any atom is -0.454 e. The van der Waals surface area contributed by atoms with E-state index in [0.717, 1.165) is 5.56 Å². The first-order chi connectivity index (χ1) is 19.3. The van der Waals surface area contributed by atoms with Crippen molar-refractivity contribution in [2.75, 3.05) is 19.9 Å². The van der Waals surface area contributed by atoms with E-state index in [9.17, 15) is 14.4 Å². The Balaban J connectivity index is 1.50. The molecular formula is C29H34N6O5. The first-order valence-electron chi connectivity index (χ1n) is 13.6. The molecule has 3 heterocycles. The molecule has 2 atom stereocenters. The minimum atomic E-state index is -0.729. The Bertz CT molecular complexity index is 1390. The van der Waals surface area contributed by atoms with Crippen LogP contribution in [-0.2, 0) is 16.1 Å². The minimum absolute atomic E-state index is 0.0160. The maximum absolute atomic E-state index is 13.7. The van der Waals surface area contributed by atoms with E-state index in [-0.39, 0.29) is 36.9 Å². The van der Waals surface area contributed by atoms with Gasteiger partial charge in [0.15, 0.2) is 23.1 Å². The lowest BCUT2D eigenvalue weighted by Crippen LogP contribution is -2.47. The summed E-state index contributed by atoms with van der Waals surface area (Å²) in [6, 6.07) is 13.6. The number of ether oxygens (including phenoxy) is 2. The molecule has 2 aliphatic rings. The van der Waals surface area contributed by atoms with Crippen LogP contribution in [0.2, 0.25) is 0 Å². The lowest BCUT2D eigenvalue weighted by atomic mass is 10.0. The predicted octanol–water partition coefficient (Wildman–Crippen LogP) is 2.93. The number of carbonyl (C=O) groups is 3. The standard InChI is InChI=1S/C29H34N6O5/c1-18(2)25-27-32-26(20-8-5-4-6-9-20)33-35(27)15-14-34(13-7-10-24(36)30-19(3)28(37)31-25)29(38)21-11-12-22-23(16-21)40-17-39-22/h4-6,8-9,11-12,16,18-19,25H,7,10,13-15,17H2,1-3H3,(H,30,36)(H,31,37)/t19-,25+/m1/s1. The van der Waals surface area contributed by atoms with Crippen molar-refractivity contribution >= 4 is 17.7 Å².